The Kier molecular flexibility index (Phi) is 4.16. The Morgan fingerprint density at radius 1 is 1.25 bits per heavy atom. The van der Waals surface area contributed by atoms with E-state index in [1.807, 2.05) is 12.1 Å². The number of nitrogens with zero attached hydrogens (tertiary/aromatic N) is 2. The molecule has 2 aliphatic heterocycles. The zero-order valence-corrected chi connectivity index (χ0v) is 14.3. The van der Waals surface area contributed by atoms with E-state index in [0.717, 1.165) is 50.2 Å². The third-order valence-corrected chi connectivity index (χ3v) is 5.35. The summed E-state index contributed by atoms with van der Waals surface area (Å²) in [7, 11) is 2.17. The van der Waals surface area contributed by atoms with Crippen LogP contribution >= 0.6 is 0 Å². The summed E-state index contributed by atoms with van der Waals surface area (Å²) in [4.78, 5) is 16.7. The van der Waals surface area contributed by atoms with Crippen molar-refractivity contribution < 1.29 is 9.15 Å². The van der Waals surface area contributed by atoms with Gasteiger partial charge in [-0.15, -0.1) is 0 Å². The molecule has 0 aliphatic carbocycles. The average molecular weight is 328 g/mol. The number of hydrogen-bond donors (Lipinski definition) is 0. The van der Waals surface area contributed by atoms with E-state index in [1.165, 1.54) is 5.56 Å². The molecule has 24 heavy (non-hydrogen) atoms. The molecule has 0 spiro atoms. The van der Waals surface area contributed by atoms with Crippen molar-refractivity contribution in [1.29, 1.82) is 0 Å². The van der Waals surface area contributed by atoms with E-state index in [2.05, 4.69) is 29.8 Å². The van der Waals surface area contributed by atoms with Crippen molar-refractivity contribution in [3.05, 3.63) is 45.8 Å². The number of fused-ring (bicyclic) bond motifs is 2. The second-order valence-electron chi connectivity index (χ2n) is 6.93. The van der Waals surface area contributed by atoms with Crippen molar-refractivity contribution in [2.45, 2.75) is 32.0 Å². The molecule has 128 valence electrons. The first-order chi connectivity index (χ1) is 11.6. The molecule has 2 saturated heterocycles. The highest BCUT2D eigenvalue weighted by atomic mass is 16.5. The lowest BCUT2D eigenvalue weighted by Gasteiger charge is -2.33. The van der Waals surface area contributed by atoms with Crippen LogP contribution in [0.4, 0.5) is 0 Å². The molecule has 2 aromatic rings. The van der Waals surface area contributed by atoms with Gasteiger partial charge in [0.25, 0.3) is 0 Å². The van der Waals surface area contributed by atoms with Crippen molar-refractivity contribution >= 4 is 11.0 Å². The average Bonchev–Trinajstić information content (AvgIpc) is 2.98. The van der Waals surface area contributed by atoms with Crippen LogP contribution in [-0.4, -0.2) is 55.2 Å². The maximum Gasteiger partial charge on any atom is 0.336 e. The van der Waals surface area contributed by atoms with Crippen molar-refractivity contribution in [1.82, 2.24) is 9.80 Å². The normalized spacial score (nSPS) is 25.2. The van der Waals surface area contributed by atoms with Gasteiger partial charge in [0.15, 0.2) is 0 Å². The van der Waals surface area contributed by atoms with E-state index in [4.69, 9.17) is 9.15 Å². The lowest BCUT2D eigenvalue weighted by atomic mass is 10.1. The predicted octanol–water partition coefficient (Wildman–Crippen LogP) is 1.87. The minimum atomic E-state index is -0.272. The van der Waals surface area contributed by atoms with E-state index in [0.29, 0.717) is 11.6 Å². The first kappa shape index (κ1) is 15.8. The van der Waals surface area contributed by atoms with Crippen molar-refractivity contribution in [2.75, 3.05) is 33.3 Å². The fraction of sp³-hybridized carbons (Fsp3) is 0.526. The minimum Gasteiger partial charge on any atom is -0.423 e. The second kappa shape index (κ2) is 6.31. The van der Waals surface area contributed by atoms with Crippen LogP contribution in [0, 0.1) is 0 Å². The van der Waals surface area contributed by atoms with Gasteiger partial charge in [-0.1, -0.05) is 13.0 Å². The Morgan fingerprint density at radius 3 is 2.92 bits per heavy atom. The number of aryl methyl sites for hydroxylation is 1. The molecule has 3 heterocycles. The molecule has 1 aromatic heterocycles. The van der Waals surface area contributed by atoms with E-state index in [-0.39, 0.29) is 11.7 Å². The molecule has 5 nitrogen and oxygen atoms in total. The van der Waals surface area contributed by atoms with Crippen LogP contribution in [-0.2, 0) is 17.7 Å². The summed E-state index contributed by atoms with van der Waals surface area (Å²) in [6.07, 6.45) is 1.25. The van der Waals surface area contributed by atoms with Gasteiger partial charge in [0.1, 0.15) is 5.58 Å². The zero-order chi connectivity index (χ0) is 16.7. The van der Waals surface area contributed by atoms with Gasteiger partial charge in [-0.3, -0.25) is 9.80 Å². The SMILES string of the molecule is CCc1ccc2oc(=O)cc(CN3C[C@@H]4OCCN(C)[C@H]4C3)c2c1. The van der Waals surface area contributed by atoms with Crippen molar-refractivity contribution in [3.8, 4) is 0 Å². The summed E-state index contributed by atoms with van der Waals surface area (Å²) < 4.78 is 11.3. The number of likely N-dealkylation sites (N-methyl/N-ethyl adjacent to an activating group) is 1. The monoisotopic (exact) mass is 328 g/mol. The molecular weight excluding hydrogens is 304 g/mol. The van der Waals surface area contributed by atoms with Gasteiger partial charge in [-0.05, 0) is 36.7 Å². The molecule has 2 aliphatic rings. The topological polar surface area (TPSA) is 45.9 Å². The van der Waals surface area contributed by atoms with Gasteiger partial charge < -0.3 is 9.15 Å². The Morgan fingerprint density at radius 2 is 2.12 bits per heavy atom. The van der Waals surface area contributed by atoms with Crippen LogP contribution in [0.25, 0.3) is 11.0 Å². The number of ether oxygens (including phenoxy) is 1. The number of benzene rings is 1. The molecule has 2 atom stereocenters. The van der Waals surface area contributed by atoms with Crippen LogP contribution in [0.5, 0.6) is 0 Å². The van der Waals surface area contributed by atoms with Gasteiger partial charge in [0.05, 0.1) is 12.7 Å². The first-order valence-electron chi connectivity index (χ1n) is 8.74. The standard InChI is InChI=1S/C19H24N2O3/c1-3-13-4-5-17-15(8-13)14(9-19(22)24-17)10-21-11-16-18(12-21)23-7-6-20(16)2/h4-5,8-9,16,18H,3,6-7,10-12H2,1-2H3/t16-,18-/m0/s1. The molecule has 0 bridgehead atoms. The molecule has 5 heteroatoms. The van der Waals surface area contributed by atoms with Crippen LogP contribution in [0.2, 0.25) is 0 Å². The fourth-order valence-corrected chi connectivity index (χ4v) is 3.93. The zero-order valence-electron chi connectivity index (χ0n) is 14.3. The van der Waals surface area contributed by atoms with E-state index in [1.54, 1.807) is 6.07 Å². The van der Waals surface area contributed by atoms with Crippen molar-refractivity contribution in [3.63, 3.8) is 0 Å². The molecule has 0 amide bonds. The maximum absolute atomic E-state index is 11.9. The molecule has 0 N–H and O–H groups in total. The van der Waals surface area contributed by atoms with Crippen molar-refractivity contribution in [2.24, 2.45) is 0 Å². The van der Waals surface area contributed by atoms with Gasteiger partial charge in [-0.25, -0.2) is 4.79 Å². The van der Waals surface area contributed by atoms with Crippen LogP contribution in [0.1, 0.15) is 18.1 Å². The van der Waals surface area contributed by atoms with Gasteiger partial charge >= 0.3 is 5.63 Å². The summed E-state index contributed by atoms with van der Waals surface area (Å²) in [6.45, 7) is 6.61. The fourth-order valence-electron chi connectivity index (χ4n) is 3.93. The van der Waals surface area contributed by atoms with Gasteiger partial charge in [-0.2, -0.15) is 0 Å². The summed E-state index contributed by atoms with van der Waals surface area (Å²) in [5.74, 6) is 0. The van der Waals surface area contributed by atoms with Crippen LogP contribution in [0.3, 0.4) is 0 Å². The Bertz CT molecular complexity index is 801. The Hall–Kier alpha value is -1.69. The molecule has 1 aromatic carbocycles. The molecule has 0 radical (unpaired) electrons. The summed E-state index contributed by atoms with van der Waals surface area (Å²) in [6, 6.07) is 8.20. The third kappa shape index (κ3) is 2.88. The van der Waals surface area contributed by atoms with Crippen LogP contribution in [0.15, 0.2) is 33.5 Å². The molecule has 0 unspecified atom stereocenters. The molecular formula is C19H24N2O3. The smallest absolute Gasteiger partial charge is 0.336 e. The summed E-state index contributed by atoms with van der Waals surface area (Å²) in [5, 5.41) is 1.05. The third-order valence-electron chi connectivity index (χ3n) is 5.35. The second-order valence-corrected chi connectivity index (χ2v) is 6.93. The lowest BCUT2D eigenvalue weighted by Crippen LogP contribution is -2.48. The molecule has 0 saturated carbocycles. The quantitative estimate of drug-likeness (QED) is 0.805. The van der Waals surface area contributed by atoms with Gasteiger partial charge in [0.2, 0.25) is 0 Å². The molecule has 2 fully saturated rings. The van der Waals surface area contributed by atoms with Crippen LogP contribution < -0.4 is 5.63 Å². The van der Waals surface area contributed by atoms with E-state index in [9.17, 15) is 4.79 Å². The lowest BCUT2D eigenvalue weighted by molar-refractivity contribution is -0.0370. The Labute approximate surface area is 141 Å². The summed E-state index contributed by atoms with van der Waals surface area (Å²) >= 11 is 0. The largest absolute Gasteiger partial charge is 0.423 e. The number of likely N-dealkylation sites (tertiary alicyclic amines) is 1. The highest BCUT2D eigenvalue weighted by Crippen LogP contribution is 2.26. The van der Waals surface area contributed by atoms with Gasteiger partial charge in [0, 0.05) is 43.7 Å². The highest BCUT2D eigenvalue weighted by Gasteiger charge is 2.38. The highest BCUT2D eigenvalue weighted by molar-refractivity contribution is 5.80. The van der Waals surface area contributed by atoms with E-state index < -0.39 is 0 Å². The molecule has 4 rings (SSSR count). The number of hydrogen-bond acceptors (Lipinski definition) is 5. The Balaban J connectivity index is 1.63. The summed E-state index contributed by atoms with van der Waals surface area (Å²) in [5.41, 5.74) is 2.72. The maximum atomic E-state index is 11.9. The predicted molar refractivity (Wildman–Crippen MR) is 93.3 cm³/mol. The first-order valence-corrected chi connectivity index (χ1v) is 8.74. The van der Waals surface area contributed by atoms with E-state index >= 15 is 0 Å². The minimum absolute atomic E-state index is 0.272. The number of morpholine rings is 1. The number of rotatable bonds is 3.